The molecule has 1 aliphatic carbocycles. The third-order valence-electron chi connectivity index (χ3n) is 10.9. The molecular weight excluding hydrogens is 648 g/mol. The molecule has 5 aliphatic rings. The van der Waals surface area contributed by atoms with Crippen molar-refractivity contribution in [1.82, 2.24) is 9.80 Å². The van der Waals surface area contributed by atoms with Crippen molar-refractivity contribution < 1.29 is 33.3 Å². The van der Waals surface area contributed by atoms with Crippen molar-refractivity contribution in [2.45, 2.75) is 57.0 Å². The first-order valence-corrected chi connectivity index (χ1v) is 17.8. The number of aliphatic imine (C=N–C) groups is 1. The average molecular weight is 693 g/mol. The lowest BCUT2D eigenvalue weighted by atomic mass is 10.0. The summed E-state index contributed by atoms with van der Waals surface area (Å²) in [6.07, 6.45) is 10.5. The fraction of sp³-hybridized carbons (Fsp3) is 0.425. The van der Waals surface area contributed by atoms with Gasteiger partial charge < -0.3 is 38.8 Å². The number of ether oxygens (including phenoxy) is 5. The Morgan fingerprint density at radius 1 is 0.824 bits per heavy atom. The molecule has 2 amide bonds. The fourth-order valence-electron chi connectivity index (χ4n) is 7.78. The minimum absolute atomic E-state index is 0.0787. The Kier molecular flexibility index (Phi) is 8.73. The predicted octanol–water partition coefficient (Wildman–Crippen LogP) is 6.73. The quantitative estimate of drug-likeness (QED) is 0.208. The zero-order valence-corrected chi connectivity index (χ0v) is 29.4. The first-order valence-electron chi connectivity index (χ1n) is 17.8. The summed E-state index contributed by atoms with van der Waals surface area (Å²) in [6, 6.07) is 15.2. The molecule has 3 aromatic carbocycles. The van der Waals surface area contributed by atoms with E-state index in [0.717, 1.165) is 61.3 Å². The van der Waals surface area contributed by atoms with Gasteiger partial charge in [-0.3, -0.25) is 14.6 Å². The molecule has 1 saturated heterocycles. The lowest BCUT2D eigenvalue weighted by Gasteiger charge is -2.21. The first kappa shape index (κ1) is 33.0. The van der Waals surface area contributed by atoms with Crippen LogP contribution in [0.15, 0.2) is 59.7 Å². The van der Waals surface area contributed by atoms with Crippen LogP contribution in [0, 0.1) is 5.41 Å². The number of benzene rings is 3. The van der Waals surface area contributed by atoms with Gasteiger partial charge in [0.15, 0.2) is 23.0 Å². The van der Waals surface area contributed by atoms with Crippen molar-refractivity contribution in [3.05, 3.63) is 71.4 Å². The minimum atomic E-state index is -0.170. The van der Waals surface area contributed by atoms with E-state index in [2.05, 4.69) is 10.2 Å². The van der Waals surface area contributed by atoms with Crippen LogP contribution in [-0.4, -0.2) is 87.5 Å². The molecule has 8 rings (SSSR count). The van der Waals surface area contributed by atoms with Gasteiger partial charge in [-0.2, -0.15) is 0 Å². The van der Waals surface area contributed by atoms with Gasteiger partial charge >= 0.3 is 0 Å². The Labute approximate surface area is 298 Å². The largest absolute Gasteiger partial charge is 0.497 e. The van der Waals surface area contributed by atoms with Gasteiger partial charge in [0.05, 0.1) is 63.1 Å². The van der Waals surface area contributed by atoms with Crippen LogP contribution in [0.1, 0.15) is 71.2 Å². The summed E-state index contributed by atoms with van der Waals surface area (Å²) in [5.41, 5.74) is 4.97. The summed E-state index contributed by atoms with van der Waals surface area (Å²) >= 11 is 0. The summed E-state index contributed by atoms with van der Waals surface area (Å²) in [5.74, 6) is 2.99. The molecule has 3 aromatic rings. The number of nitrogens with one attached hydrogen (secondary N) is 1. The van der Waals surface area contributed by atoms with Crippen molar-refractivity contribution in [3.63, 3.8) is 0 Å². The Morgan fingerprint density at radius 3 is 2.22 bits per heavy atom. The van der Waals surface area contributed by atoms with E-state index < -0.39 is 0 Å². The van der Waals surface area contributed by atoms with Crippen LogP contribution in [0.3, 0.4) is 0 Å². The maximum Gasteiger partial charge on any atom is 0.260 e. The molecule has 2 fully saturated rings. The van der Waals surface area contributed by atoms with Crippen LogP contribution in [0.25, 0.3) is 5.57 Å². The second kappa shape index (κ2) is 13.5. The molecule has 11 heteroatoms. The van der Waals surface area contributed by atoms with E-state index in [0.29, 0.717) is 64.9 Å². The fourth-order valence-corrected chi connectivity index (χ4v) is 7.78. The normalized spacial score (nSPS) is 20.7. The van der Waals surface area contributed by atoms with Gasteiger partial charge in [-0.15, -0.1) is 0 Å². The number of amides is 2. The Bertz CT molecular complexity index is 1900. The molecule has 4 aliphatic heterocycles. The number of hydrogen-bond acceptors (Lipinski definition) is 9. The van der Waals surface area contributed by atoms with Gasteiger partial charge in [0.1, 0.15) is 5.75 Å². The summed E-state index contributed by atoms with van der Waals surface area (Å²) in [5, 5.41) is 3.51. The van der Waals surface area contributed by atoms with E-state index in [1.165, 1.54) is 12.8 Å². The van der Waals surface area contributed by atoms with Crippen molar-refractivity contribution in [2.75, 3.05) is 52.9 Å². The number of fused-ring (bicyclic) bond motifs is 4. The SMILES string of the molecule is COc1ccc(C2=CN3C(=O)c4cc(OC)c(OCCCCCOc5cc6c(cc5OC)C(=O)N5CC7(CC7)C[C@H]5CN6)cc4N=C[C@@H]3C2)cc1. The predicted molar refractivity (Wildman–Crippen MR) is 194 cm³/mol. The highest BCUT2D eigenvalue weighted by Crippen LogP contribution is 2.55. The van der Waals surface area contributed by atoms with Crippen LogP contribution in [0.5, 0.6) is 28.7 Å². The minimum Gasteiger partial charge on any atom is -0.497 e. The molecule has 4 heterocycles. The third kappa shape index (κ3) is 6.34. The number of unbranched alkanes of at least 4 members (excludes halogenated alkanes) is 2. The lowest BCUT2D eigenvalue weighted by molar-refractivity contribution is 0.0743. The number of methoxy groups -OCH3 is 3. The Balaban J connectivity index is 0.845. The second-order valence-corrected chi connectivity index (χ2v) is 14.1. The van der Waals surface area contributed by atoms with Crippen molar-refractivity contribution >= 4 is 35.0 Å². The number of carbonyl (C=O) groups is 2. The zero-order valence-electron chi connectivity index (χ0n) is 29.4. The average Bonchev–Trinajstić information content (AvgIpc) is 3.69. The standard InChI is InChI=1S/C40H44N4O7/c1-47-29-9-7-25(8-10-29)26-15-27-21-41-32-18-36(34(48-2)16-30(32)38(45)43(27)23-26)50-13-5-4-6-14-51-37-19-33-31(17-35(37)49-3)39(46)44-24-40(11-12-40)20-28(44)22-42-33/h7-10,16-19,21,23,27-28,42H,4-6,11-15,20,22,24H2,1-3H3/t27-,28-/m0/s1. The van der Waals surface area contributed by atoms with E-state index in [1.807, 2.05) is 48.8 Å². The van der Waals surface area contributed by atoms with Crippen LogP contribution < -0.4 is 29.0 Å². The van der Waals surface area contributed by atoms with E-state index >= 15 is 0 Å². The molecule has 11 nitrogen and oxygen atoms in total. The highest BCUT2D eigenvalue weighted by molar-refractivity contribution is 6.05. The molecule has 2 atom stereocenters. The molecule has 0 unspecified atom stereocenters. The van der Waals surface area contributed by atoms with Gasteiger partial charge in [0.25, 0.3) is 11.8 Å². The summed E-state index contributed by atoms with van der Waals surface area (Å²) < 4.78 is 28.9. The molecule has 0 aromatic heterocycles. The summed E-state index contributed by atoms with van der Waals surface area (Å²) in [7, 11) is 4.83. The molecule has 1 N–H and O–H groups in total. The van der Waals surface area contributed by atoms with Crippen LogP contribution in [-0.2, 0) is 0 Å². The van der Waals surface area contributed by atoms with E-state index in [4.69, 9.17) is 28.7 Å². The zero-order chi connectivity index (χ0) is 35.1. The molecule has 1 spiro atoms. The van der Waals surface area contributed by atoms with Gasteiger partial charge in [-0.05, 0) is 79.3 Å². The summed E-state index contributed by atoms with van der Waals surface area (Å²) in [4.78, 5) is 35.7. The van der Waals surface area contributed by atoms with Gasteiger partial charge in [0, 0.05) is 50.1 Å². The smallest absolute Gasteiger partial charge is 0.260 e. The topological polar surface area (TPSA) is 111 Å². The number of nitrogens with zero attached hydrogens (tertiary/aromatic N) is 3. The number of rotatable bonds is 12. The number of anilines is 1. The second-order valence-electron chi connectivity index (χ2n) is 14.1. The van der Waals surface area contributed by atoms with E-state index in [9.17, 15) is 9.59 Å². The highest BCUT2D eigenvalue weighted by Gasteiger charge is 2.54. The van der Waals surface area contributed by atoms with Gasteiger partial charge in [-0.1, -0.05) is 12.1 Å². The van der Waals surface area contributed by atoms with Crippen LogP contribution in [0.2, 0.25) is 0 Å². The summed E-state index contributed by atoms with van der Waals surface area (Å²) in [6.45, 7) is 2.60. The monoisotopic (exact) mass is 692 g/mol. The van der Waals surface area contributed by atoms with Gasteiger partial charge in [-0.25, -0.2) is 0 Å². The first-order chi connectivity index (χ1) is 24.9. The molecular formula is C40H44N4O7. The molecule has 266 valence electrons. The Hall–Kier alpha value is -5.19. The number of carbonyl (C=O) groups excluding carboxylic acids is 2. The van der Waals surface area contributed by atoms with Crippen LogP contribution >= 0.6 is 0 Å². The maximum atomic E-state index is 13.7. The van der Waals surface area contributed by atoms with E-state index in [1.54, 1.807) is 38.4 Å². The van der Waals surface area contributed by atoms with Crippen LogP contribution in [0.4, 0.5) is 11.4 Å². The molecule has 1 saturated carbocycles. The van der Waals surface area contributed by atoms with E-state index in [-0.39, 0.29) is 23.9 Å². The van der Waals surface area contributed by atoms with Crippen molar-refractivity contribution in [1.29, 1.82) is 0 Å². The Morgan fingerprint density at radius 2 is 1.53 bits per heavy atom. The third-order valence-corrected chi connectivity index (χ3v) is 10.9. The van der Waals surface area contributed by atoms with Gasteiger partial charge in [0.2, 0.25) is 0 Å². The maximum absolute atomic E-state index is 13.7. The lowest BCUT2D eigenvalue weighted by Crippen LogP contribution is -2.37. The highest BCUT2D eigenvalue weighted by atomic mass is 16.5. The number of hydrogen-bond donors (Lipinski definition) is 1. The van der Waals surface area contributed by atoms with Crippen molar-refractivity contribution in [2.24, 2.45) is 10.4 Å². The molecule has 0 radical (unpaired) electrons. The molecule has 0 bridgehead atoms. The molecule has 51 heavy (non-hydrogen) atoms. The van der Waals surface area contributed by atoms with Crippen molar-refractivity contribution in [3.8, 4) is 28.7 Å².